The topological polar surface area (TPSA) is 74.8 Å². The van der Waals surface area contributed by atoms with E-state index in [2.05, 4.69) is 25.7 Å². The zero-order valence-electron chi connectivity index (χ0n) is 16.3. The van der Waals surface area contributed by atoms with Crippen molar-refractivity contribution in [1.82, 2.24) is 16.0 Å². The Balaban J connectivity index is 1.78. The average Bonchev–Trinajstić information content (AvgIpc) is 3.16. The molecule has 0 saturated heterocycles. The van der Waals surface area contributed by atoms with Gasteiger partial charge < -0.3 is 20.7 Å². The summed E-state index contributed by atoms with van der Waals surface area (Å²) in [5, 5.41) is 9.16. The van der Waals surface area contributed by atoms with Gasteiger partial charge in [-0.2, -0.15) is 8.78 Å². The van der Waals surface area contributed by atoms with E-state index in [0.29, 0.717) is 43.5 Å². The summed E-state index contributed by atoms with van der Waals surface area (Å²) in [6, 6.07) is 6.59. The average molecular weight is 396 g/mol. The van der Waals surface area contributed by atoms with Gasteiger partial charge in [-0.05, 0) is 31.7 Å². The van der Waals surface area contributed by atoms with E-state index in [1.54, 1.807) is 18.2 Å². The van der Waals surface area contributed by atoms with Crippen LogP contribution in [0.25, 0.3) is 0 Å². The molecule has 0 bridgehead atoms. The number of para-hydroxylation sites is 1. The number of ether oxygens (including phenoxy) is 1. The van der Waals surface area contributed by atoms with Gasteiger partial charge in [0, 0.05) is 31.6 Å². The van der Waals surface area contributed by atoms with Crippen LogP contribution in [0, 0.1) is 5.92 Å². The molecule has 0 heterocycles. The van der Waals surface area contributed by atoms with Gasteiger partial charge in [-0.3, -0.25) is 4.79 Å². The van der Waals surface area contributed by atoms with Crippen molar-refractivity contribution in [1.29, 1.82) is 0 Å². The maximum Gasteiger partial charge on any atom is 0.387 e. The monoisotopic (exact) mass is 396 g/mol. The first-order chi connectivity index (χ1) is 13.6. The lowest BCUT2D eigenvalue weighted by Gasteiger charge is -2.14. The molecule has 0 radical (unpaired) electrons. The molecular weight excluding hydrogens is 366 g/mol. The van der Waals surface area contributed by atoms with Crippen molar-refractivity contribution in [2.45, 2.75) is 52.2 Å². The quantitative estimate of drug-likeness (QED) is 0.323. The van der Waals surface area contributed by atoms with Crippen LogP contribution in [0.3, 0.4) is 0 Å². The minimum Gasteiger partial charge on any atom is -0.434 e. The normalized spacial score (nSPS) is 14.9. The highest BCUT2D eigenvalue weighted by molar-refractivity contribution is 5.80. The Kier molecular flexibility index (Phi) is 9.51. The maximum absolute atomic E-state index is 12.5. The maximum atomic E-state index is 12.5. The van der Waals surface area contributed by atoms with E-state index in [1.807, 2.05) is 6.92 Å². The van der Waals surface area contributed by atoms with Crippen LogP contribution in [-0.2, 0) is 11.3 Å². The van der Waals surface area contributed by atoms with Gasteiger partial charge >= 0.3 is 6.61 Å². The minimum absolute atomic E-state index is 0.0914. The second-order valence-electron chi connectivity index (χ2n) is 6.81. The molecular formula is C20H30F2N4O2. The van der Waals surface area contributed by atoms with E-state index >= 15 is 0 Å². The van der Waals surface area contributed by atoms with Crippen molar-refractivity contribution >= 4 is 11.9 Å². The molecule has 1 aromatic rings. The Hall–Kier alpha value is -2.38. The van der Waals surface area contributed by atoms with Crippen molar-refractivity contribution in [2.24, 2.45) is 10.9 Å². The van der Waals surface area contributed by atoms with Crippen LogP contribution in [0.1, 0.15) is 44.6 Å². The fraction of sp³-hybridized carbons (Fsp3) is 0.600. The van der Waals surface area contributed by atoms with Crippen molar-refractivity contribution < 1.29 is 18.3 Å². The summed E-state index contributed by atoms with van der Waals surface area (Å²) in [5.74, 6) is 1.30. The number of nitrogens with one attached hydrogen (secondary N) is 3. The number of hydrogen-bond donors (Lipinski definition) is 3. The molecule has 1 amide bonds. The number of carbonyl (C=O) groups excluding carboxylic acids is 1. The Labute approximate surface area is 165 Å². The highest BCUT2D eigenvalue weighted by Gasteiger charge is 2.18. The molecule has 2 rings (SSSR count). The third-order valence-corrected chi connectivity index (χ3v) is 4.63. The van der Waals surface area contributed by atoms with Gasteiger partial charge in [0.2, 0.25) is 5.91 Å². The van der Waals surface area contributed by atoms with Crippen LogP contribution in [0.5, 0.6) is 5.75 Å². The first-order valence-electron chi connectivity index (χ1n) is 9.90. The first-order valence-corrected chi connectivity index (χ1v) is 9.90. The number of rotatable bonds is 10. The number of hydrogen-bond acceptors (Lipinski definition) is 3. The van der Waals surface area contributed by atoms with E-state index in [9.17, 15) is 13.6 Å². The second-order valence-corrected chi connectivity index (χ2v) is 6.81. The third-order valence-electron chi connectivity index (χ3n) is 4.63. The Bertz CT molecular complexity index is 634. The van der Waals surface area contributed by atoms with E-state index < -0.39 is 6.61 Å². The van der Waals surface area contributed by atoms with Crippen molar-refractivity contribution in [3.63, 3.8) is 0 Å². The van der Waals surface area contributed by atoms with Gasteiger partial charge in [0.1, 0.15) is 5.75 Å². The summed E-state index contributed by atoms with van der Waals surface area (Å²) in [6.45, 7) is 0.957. The van der Waals surface area contributed by atoms with Gasteiger partial charge in [-0.1, -0.05) is 31.0 Å². The van der Waals surface area contributed by atoms with Gasteiger partial charge in [-0.15, -0.1) is 0 Å². The van der Waals surface area contributed by atoms with E-state index in [1.165, 1.54) is 18.9 Å². The van der Waals surface area contributed by atoms with Gasteiger partial charge in [-0.25, -0.2) is 4.99 Å². The molecule has 0 aliphatic heterocycles. The Morgan fingerprint density at radius 3 is 2.61 bits per heavy atom. The molecule has 8 heteroatoms. The molecule has 1 aliphatic rings. The number of guanidine groups is 1. The van der Waals surface area contributed by atoms with Gasteiger partial charge in [0.15, 0.2) is 5.96 Å². The standard InChI is InChI=1S/C20H30F2N4O2/c1-2-23-20(25-12-11-24-18(27)13-15-7-3-4-8-15)26-14-16-9-5-6-10-17(16)28-19(21)22/h5-6,9-10,15,19H,2-4,7-8,11-14H2,1H3,(H,24,27)(H2,23,25,26). The summed E-state index contributed by atoms with van der Waals surface area (Å²) in [5.41, 5.74) is 0.574. The lowest BCUT2D eigenvalue weighted by molar-refractivity contribution is -0.121. The number of carbonyl (C=O) groups is 1. The number of alkyl halides is 2. The number of nitrogens with zero attached hydrogens (tertiary/aromatic N) is 1. The van der Waals surface area contributed by atoms with Crippen LogP contribution >= 0.6 is 0 Å². The summed E-state index contributed by atoms with van der Waals surface area (Å²) >= 11 is 0. The molecule has 156 valence electrons. The predicted molar refractivity (Wildman–Crippen MR) is 105 cm³/mol. The molecule has 28 heavy (non-hydrogen) atoms. The lowest BCUT2D eigenvalue weighted by atomic mass is 10.0. The molecule has 3 N–H and O–H groups in total. The van der Waals surface area contributed by atoms with Crippen LogP contribution in [0.4, 0.5) is 8.78 Å². The smallest absolute Gasteiger partial charge is 0.387 e. The first kappa shape index (κ1) is 21.9. The number of benzene rings is 1. The highest BCUT2D eigenvalue weighted by Crippen LogP contribution is 2.27. The molecule has 1 aliphatic carbocycles. The molecule has 0 unspecified atom stereocenters. The second kappa shape index (κ2) is 12.2. The molecule has 0 atom stereocenters. The number of aliphatic imine (C=N–C) groups is 1. The van der Waals surface area contributed by atoms with Crippen molar-refractivity contribution in [3.8, 4) is 5.75 Å². The largest absolute Gasteiger partial charge is 0.434 e. The Morgan fingerprint density at radius 2 is 1.89 bits per heavy atom. The molecule has 1 fully saturated rings. The van der Waals surface area contributed by atoms with Crippen LogP contribution in [0.2, 0.25) is 0 Å². The highest BCUT2D eigenvalue weighted by atomic mass is 19.3. The van der Waals surface area contributed by atoms with Gasteiger partial charge in [0.05, 0.1) is 6.54 Å². The zero-order valence-corrected chi connectivity index (χ0v) is 16.3. The Morgan fingerprint density at radius 1 is 1.18 bits per heavy atom. The lowest BCUT2D eigenvalue weighted by Crippen LogP contribution is -2.41. The fourth-order valence-electron chi connectivity index (χ4n) is 3.28. The van der Waals surface area contributed by atoms with Crippen molar-refractivity contribution in [2.75, 3.05) is 19.6 Å². The zero-order chi connectivity index (χ0) is 20.2. The molecule has 0 spiro atoms. The van der Waals surface area contributed by atoms with Crippen molar-refractivity contribution in [3.05, 3.63) is 29.8 Å². The summed E-state index contributed by atoms with van der Waals surface area (Å²) in [7, 11) is 0. The van der Waals surface area contributed by atoms with Crippen LogP contribution in [-0.4, -0.2) is 38.1 Å². The van der Waals surface area contributed by atoms with Gasteiger partial charge in [0.25, 0.3) is 0 Å². The number of amides is 1. The summed E-state index contributed by atoms with van der Waals surface area (Å²) in [6.07, 6.45) is 5.37. The SMILES string of the molecule is CCNC(=NCc1ccccc1OC(F)F)NCCNC(=O)CC1CCCC1. The fourth-order valence-corrected chi connectivity index (χ4v) is 3.28. The number of halogens is 2. The van der Waals surface area contributed by atoms with E-state index in [0.717, 1.165) is 12.8 Å². The molecule has 1 saturated carbocycles. The van der Waals surface area contributed by atoms with E-state index in [4.69, 9.17) is 0 Å². The molecule has 1 aromatic carbocycles. The van der Waals surface area contributed by atoms with E-state index in [-0.39, 0.29) is 18.2 Å². The molecule has 0 aromatic heterocycles. The van der Waals surface area contributed by atoms with Crippen LogP contribution in [0.15, 0.2) is 29.3 Å². The summed E-state index contributed by atoms with van der Waals surface area (Å²) in [4.78, 5) is 16.4. The summed E-state index contributed by atoms with van der Waals surface area (Å²) < 4.78 is 29.5. The molecule has 6 nitrogen and oxygen atoms in total. The van der Waals surface area contributed by atoms with Crippen LogP contribution < -0.4 is 20.7 Å². The minimum atomic E-state index is -2.87. The predicted octanol–water partition coefficient (Wildman–Crippen LogP) is 3.04. The third kappa shape index (κ3) is 8.10.